The molecule has 0 heterocycles. The lowest BCUT2D eigenvalue weighted by atomic mass is 10.2. The van der Waals surface area contributed by atoms with Crippen molar-refractivity contribution in [3.8, 4) is 0 Å². The molecule has 0 spiro atoms. The Kier molecular flexibility index (Phi) is 5.53. The number of rotatable bonds is 5. The molecule has 0 amide bonds. The summed E-state index contributed by atoms with van der Waals surface area (Å²) in [7, 11) is 0. The van der Waals surface area contributed by atoms with E-state index in [0.717, 1.165) is 5.75 Å². The minimum absolute atomic E-state index is 0.323. The largest absolute Gasteiger partial charge is 0.480 e. The highest BCUT2D eigenvalue weighted by Gasteiger charge is 2.14. The zero-order valence-corrected chi connectivity index (χ0v) is 8.10. The van der Waals surface area contributed by atoms with Crippen molar-refractivity contribution in [1.82, 2.24) is 0 Å². The molecule has 0 saturated heterocycles. The van der Waals surface area contributed by atoms with Gasteiger partial charge in [-0.3, -0.25) is 4.99 Å². The monoisotopic (exact) mass is 190 g/mol. The number of carboxylic acid groups (broad SMARTS) is 1. The number of carboxylic acids is 1. The number of thioether (sulfide) groups is 1. The lowest BCUT2D eigenvalue weighted by Crippen LogP contribution is -2.22. The Bertz CT molecular complexity index is 178. The number of amidine groups is 1. The van der Waals surface area contributed by atoms with Gasteiger partial charge in [-0.2, -0.15) is 11.8 Å². The zero-order chi connectivity index (χ0) is 9.56. The van der Waals surface area contributed by atoms with Gasteiger partial charge in [0.15, 0.2) is 0 Å². The van der Waals surface area contributed by atoms with Crippen LogP contribution in [0.4, 0.5) is 0 Å². The van der Waals surface area contributed by atoms with Crippen molar-refractivity contribution in [2.24, 2.45) is 10.7 Å². The van der Waals surface area contributed by atoms with Gasteiger partial charge >= 0.3 is 5.97 Å². The summed E-state index contributed by atoms with van der Waals surface area (Å²) in [6.45, 7) is 1.59. The first-order valence-corrected chi connectivity index (χ1v) is 4.99. The van der Waals surface area contributed by atoms with Gasteiger partial charge in [0.25, 0.3) is 0 Å². The van der Waals surface area contributed by atoms with E-state index in [0.29, 0.717) is 12.3 Å². The van der Waals surface area contributed by atoms with Gasteiger partial charge in [0.05, 0.1) is 5.84 Å². The first-order chi connectivity index (χ1) is 5.57. The lowest BCUT2D eigenvalue weighted by molar-refractivity contribution is -0.138. The number of nitrogens with zero attached hydrogens (tertiary/aromatic N) is 1. The predicted octanol–water partition coefficient (Wildman–Crippen LogP) is 0.570. The van der Waals surface area contributed by atoms with E-state index in [1.54, 1.807) is 18.7 Å². The fraction of sp³-hybridized carbons (Fsp3) is 0.714. The second-order valence-corrected chi connectivity index (χ2v) is 3.39. The van der Waals surface area contributed by atoms with Crippen molar-refractivity contribution in [2.45, 2.75) is 19.4 Å². The first kappa shape index (κ1) is 11.3. The molecule has 5 heteroatoms. The quantitative estimate of drug-likeness (QED) is 0.491. The Morgan fingerprint density at radius 3 is 2.67 bits per heavy atom. The summed E-state index contributed by atoms with van der Waals surface area (Å²) in [5, 5.41) is 8.68. The maximum Gasteiger partial charge on any atom is 0.328 e. The molecule has 0 aliphatic heterocycles. The Hall–Kier alpha value is -0.710. The van der Waals surface area contributed by atoms with Crippen LogP contribution in [0.5, 0.6) is 0 Å². The van der Waals surface area contributed by atoms with Crippen LogP contribution in [-0.4, -0.2) is 35.0 Å². The lowest BCUT2D eigenvalue weighted by Gasteiger charge is -2.05. The fourth-order valence-electron chi connectivity index (χ4n) is 0.719. The smallest absolute Gasteiger partial charge is 0.328 e. The van der Waals surface area contributed by atoms with E-state index in [2.05, 4.69) is 4.99 Å². The molecule has 70 valence electrons. The molecule has 0 fully saturated rings. The SMILES string of the molecule is CSCCC(N=C(C)N)C(=O)O. The van der Waals surface area contributed by atoms with Crippen molar-refractivity contribution in [1.29, 1.82) is 0 Å². The number of nitrogens with two attached hydrogens (primary N) is 1. The van der Waals surface area contributed by atoms with Crippen molar-refractivity contribution >= 4 is 23.6 Å². The molecule has 0 radical (unpaired) electrons. The van der Waals surface area contributed by atoms with Crippen molar-refractivity contribution in [3.05, 3.63) is 0 Å². The van der Waals surface area contributed by atoms with Gasteiger partial charge in [0, 0.05) is 0 Å². The minimum atomic E-state index is -0.908. The summed E-state index contributed by atoms with van der Waals surface area (Å²) in [6, 6.07) is -0.678. The normalized spacial score (nSPS) is 14.3. The van der Waals surface area contributed by atoms with Crippen LogP contribution < -0.4 is 5.73 Å². The molecule has 0 saturated carbocycles. The van der Waals surface area contributed by atoms with Crippen LogP contribution in [-0.2, 0) is 4.79 Å². The molecule has 0 aliphatic rings. The van der Waals surface area contributed by atoms with E-state index >= 15 is 0 Å². The summed E-state index contributed by atoms with van der Waals surface area (Å²) < 4.78 is 0. The highest BCUT2D eigenvalue weighted by molar-refractivity contribution is 7.98. The summed E-state index contributed by atoms with van der Waals surface area (Å²) in [5.41, 5.74) is 5.28. The minimum Gasteiger partial charge on any atom is -0.480 e. The third-order valence-electron chi connectivity index (χ3n) is 1.24. The molecule has 0 rings (SSSR count). The van der Waals surface area contributed by atoms with Crippen LogP contribution >= 0.6 is 11.8 Å². The molecule has 0 aromatic carbocycles. The van der Waals surface area contributed by atoms with E-state index in [1.807, 2.05) is 6.26 Å². The van der Waals surface area contributed by atoms with Gasteiger partial charge < -0.3 is 10.8 Å². The van der Waals surface area contributed by atoms with E-state index in [1.165, 1.54) is 0 Å². The summed E-state index contributed by atoms with van der Waals surface area (Å²) >= 11 is 1.60. The molecule has 0 aromatic rings. The Balaban J connectivity index is 4.05. The molecule has 1 unspecified atom stereocenters. The van der Waals surface area contributed by atoms with Crippen LogP contribution in [0.2, 0.25) is 0 Å². The second-order valence-electron chi connectivity index (χ2n) is 2.41. The summed E-state index contributed by atoms with van der Waals surface area (Å²) in [4.78, 5) is 14.4. The standard InChI is InChI=1S/C7H14N2O2S/c1-5(8)9-6(7(10)11)3-4-12-2/h6H,3-4H2,1-2H3,(H2,8,9)(H,10,11). The molecule has 12 heavy (non-hydrogen) atoms. The predicted molar refractivity (Wildman–Crippen MR) is 51.7 cm³/mol. The van der Waals surface area contributed by atoms with Crippen molar-refractivity contribution in [3.63, 3.8) is 0 Å². The fourth-order valence-corrected chi connectivity index (χ4v) is 1.18. The molecule has 1 atom stereocenters. The highest BCUT2D eigenvalue weighted by atomic mass is 32.2. The van der Waals surface area contributed by atoms with E-state index in [9.17, 15) is 4.79 Å². The average Bonchev–Trinajstić information content (AvgIpc) is 1.96. The van der Waals surface area contributed by atoms with Crippen LogP contribution in [0.3, 0.4) is 0 Å². The van der Waals surface area contributed by atoms with Gasteiger partial charge in [-0.15, -0.1) is 0 Å². The van der Waals surface area contributed by atoms with Crippen molar-refractivity contribution in [2.75, 3.05) is 12.0 Å². The van der Waals surface area contributed by atoms with E-state index in [4.69, 9.17) is 10.8 Å². The molecule has 0 aliphatic carbocycles. The Morgan fingerprint density at radius 1 is 1.75 bits per heavy atom. The van der Waals surface area contributed by atoms with Gasteiger partial charge in [-0.05, 0) is 25.4 Å². The molecule has 0 aromatic heterocycles. The van der Waals surface area contributed by atoms with Crippen LogP contribution in [0.15, 0.2) is 4.99 Å². The third-order valence-corrected chi connectivity index (χ3v) is 1.88. The summed E-state index contributed by atoms with van der Waals surface area (Å²) in [6.07, 6.45) is 2.46. The average molecular weight is 190 g/mol. The van der Waals surface area contributed by atoms with Crippen LogP contribution in [0.1, 0.15) is 13.3 Å². The number of carbonyl (C=O) groups is 1. The number of aliphatic imine (C=N–C) groups is 1. The molecule has 0 bridgehead atoms. The molecular weight excluding hydrogens is 176 g/mol. The Morgan fingerprint density at radius 2 is 2.33 bits per heavy atom. The number of hydrogen-bond donors (Lipinski definition) is 2. The highest BCUT2D eigenvalue weighted by Crippen LogP contribution is 2.04. The number of hydrogen-bond acceptors (Lipinski definition) is 3. The maximum absolute atomic E-state index is 10.6. The van der Waals surface area contributed by atoms with Crippen LogP contribution in [0, 0.1) is 0 Å². The third kappa shape index (κ3) is 5.01. The van der Waals surface area contributed by atoms with Crippen molar-refractivity contribution < 1.29 is 9.90 Å². The molecule has 4 nitrogen and oxygen atoms in total. The second kappa shape index (κ2) is 5.88. The van der Waals surface area contributed by atoms with Gasteiger partial charge in [-0.25, -0.2) is 4.79 Å². The summed E-state index contributed by atoms with van der Waals surface area (Å²) in [5.74, 6) is 0.200. The van der Waals surface area contributed by atoms with Crippen LogP contribution in [0.25, 0.3) is 0 Å². The maximum atomic E-state index is 10.6. The molecular formula is C7H14N2O2S. The topological polar surface area (TPSA) is 75.7 Å². The van der Waals surface area contributed by atoms with Gasteiger partial charge in [0.2, 0.25) is 0 Å². The zero-order valence-electron chi connectivity index (χ0n) is 7.28. The Labute approximate surface area is 76.2 Å². The molecule has 3 N–H and O–H groups in total. The van der Waals surface area contributed by atoms with Gasteiger partial charge in [-0.1, -0.05) is 0 Å². The first-order valence-electron chi connectivity index (χ1n) is 3.59. The van der Waals surface area contributed by atoms with Gasteiger partial charge in [0.1, 0.15) is 6.04 Å². The van der Waals surface area contributed by atoms with E-state index in [-0.39, 0.29) is 0 Å². The van der Waals surface area contributed by atoms with E-state index < -0.39 is 12.0 Å². The number of aliphatic carboxylic acids is 1.